The molecule has 0 amide bonds. The molecule has 5 unspecified atom stereocenters. The van der Waals surface area contributed by atoms with Gasteiger partial charge in [0.05, 0.1) is 0 Å². The van der Waals surface area contributed by atoms with Crippen LogP contribution in [0.1, 0.15) is 50.7 Å². The molecule has 3 aliphatic rings. The lowest BCUT2D eigenvalue weighted by molar-refractivity contribution is 0.0426. The first-order chi connectivity index (χ1) is 17.6. The summed E-state index contributed by atoms with van der Waals surface area (Å²) in [5, 5.41) is 2.65. The third kappa shape index (κ3) is 2.61. The lowest BCUT2D eigenvalue weighted by Crippen LogP contribution is -2.49. The molecule has 5 atom stereocenters. The van der Waals surface area contributed by atoms with Crippen LogP contribution in [0.15, 0.2) is 84.9 Å². The maximum absolute atomic E-state index is 3.64. The molecular formula is C35H33N. The summed E-state index contributed by atoms with van der Waals surface area (Å²) in [6.07, 6.45) is 5.56. The van der Waals surface area contributed by atoms with Crippen molar-refractivity contribution in [2.45, 2.75) is 44.9 Å². The highest BCUT2D eigenvalue weighted by molar-refractivity contribution is 6.14. The van der Waals surface area contributed by atoms with Crippen molar-refractivity contribution >= 4 is 21.8 Å². The van der Waals surface area contributed by atoms with E-state index in [2.05, 4.69) is 104 Å². The van der Waals surface area contributed by atoms with Gasteiger partial charge in [-0.25, -0.2) is 0 Å². The van der Waals surface area contributed by atoms with Crippen molar-refractivity contribution < 1.29 is 0 Å². The van der Waals surface area contributed by atoms with Gasteiger partial charge in [-0.3, -0.25) is 0 Å². The molecule has 0 radical (unpaired) electrons. The van der Waals surface area contributed by atoms with E-state index in [1.807, 2.05) is 0 Å². The van der Waals surface area contributed by atoms with E-state index in [0.29, 0.717) is 5.92 Å². The van der Waals surface area contributed by atoms with Gasteiger partial charge in [0.25, 0.3) is 0 Å². The zero-order valence-corrected chi connectivity index (χ0v) is 21.2. The Kier molecular flexibility index (Phi) is 4.25. The molecule has 1 nitrogen and oxygen atoms in total. The summed E-state index contributed by atoms with van der Waals surface area (Å²) < 4.78 is 0. The van der Waals surface area contributed by atoms with Crippen molar-refractivity contribution in [2.24, 2.45) is 23.7 Å². The van der Waals surface area contributed by atoms with Gasteiger partial charge in [-0.1, -0.05) is 80.6 Å². The fourth-order valence-electron chi connectivity index (χ4n) is 9.03. The predicted octanol–water partition coefficient (Wildman–Crippen LogP) is 9.35. The van der Waals surface area contributed by atoms with E-state index < -0.39 is 0 Å². The quantitative estimate of drug-likeness (QED) is 0.253. The summed E-state index contributed by atoms with van der Waals surface area (Å²) in [7, 11) is 0. The first-order valence-electron chi connectivity index (χ1n) is 13.9. The molecule has 0 saturated heterocycles. The number of H-pyrrole nitrogens is 1. The molecule has 0 aliphatic heterocycles. The van der Waals surface area contributed by atoms with Crippen LogP contribution < -0.4 is 0 Å². The second-order valence-electron chi connectivity index (χ2n) is 12.1. The van der Waals surface area contributed by atoms with Crippen LogP contribution in [-0.4, -0.2) is 4.98 Å². The van der Waals surface area contributed by atoms with Gasteiger partial charge in [-0.2, -0.15) is 0 Å². The van der Waals surface area contributed by atoms with Gasteiger partial charge in [0.15, 0.2) is 0 Å². The normalized spacial score (nSPS) is 28.5. The van der Waals surface area contributed by atoms with E-state index in [9.17, 15) is 0 Å². The Bertz CT molecular complexity index is 1650. The van der Waals surface area contributed by atoms with E-state index in [-0.39, 0.29) is 5.41 Å². The molecule has 8 rings (SSSR count). The monoisotopic (exact) mass is 467 g/mol. The molecule has 2 saturated carbocycles. The van der Waals surface area contributed by atoms with Crippen LogP contribution in [0.3, 0.4) is 0 Å². The van der Waals surface area contributed by atoms with E-state index in [0.717, 1.165) is 17.8 Å². The topological polar surface area (TPSA) is 15.8 Å². The molecule has 178 valence electrons. The highest BCUT2D eigenvalue weighted by atomic mass is 14.7. The number of fused-ring (bicyclic) bond motifs is 11. The Morgan fingerprint density at radius 2 is 1.44 bits per heavy atom. The van der Waals surface area contributed by atoms with Gasteiger partial charge in [0.2, 0.25) is 0 Å². The average molecular weight is 468 g/mol. The number of hydrogen-bond donors (Lipinski definition) is 1. The standard InChI is InChI=1S/C35H33N/c1-21-16-23-18-22(2)35(25(17-21)19-23)30-11-5-3-8-27(30)29-20-24(14-15-31(29)35)26-10-7-13-33-34(26)28-9-4-6-12-32(28)36-33/h3-15,20-23,25,36H,16-19H2,1-2H3. The summed E-state index contributed by atoms with van der Waals surface area (Å²) in [5.74, 6) is 3.18. The number of para-hydroxylation sites is 1. The van der Waals surface area contributed by atoms with E-state index in [1.165, 1.54) is 69.7 Å². The Hall–Kier alpha value is -3.32. The van der Waals surface area contributed by atoms with Crippen molar-refractivity contribution in [2.75, 3.05) is 0 Å². The fraction of sp³-hybridized carbons (Fsp3) is 0.314. The Balaban J connectivity index is 1.37. The lowest BCUT2D eigenvalue weighted by Gasteiger charge is -2.54. The number of rotatable bonds is 1. The fourth-order valence-corrected chi connectivity index (χ4v) is 9.03. The van der Waals surface area contributed by atoms with Gasteiger partial charge in [-0.05, 0) is 101 Å². The third-order valence-electron chi connectivity index (χ3n) is 10.1. The molecule has 5 aromatic rings. The Labute approximate surface area is 213 Å². The SMILES string of the molecule is CC1CC2CC(C)C3(c4ccccc4-c4cc(-c5cccc6[nH]c7ccccc7c56)ccc43)C(C1)C2. The summed E-state index contributed by atoms with van der Waals surface area (Å²) >= 11 is 0. The average Bonchev–Trinajstić information content (AvgIpc) is 3.41. The zero-order chi connectivity index (χ0) is 24.0. The Morgan fingerprint density at radius 3 is 2.39 bits per heavy atom. The smallest absolute Gasteiger partial charge is 0.0471 e. The summed E-state index contributed by atoms with van der Waals surface area (Å²) in [4.78, 5) is 3.64. The van der Waals surface area contributed by atoms with Crippen LogP contribution in [0.25, 0.3) is 44.1 Å². The molecule has 3 aliphatic carbocycles. The minimum Gasteiger partial charge on any atom is -0.354 e. The van der Waals surface area contributed by atoms with Crippen LogP contribution in [0, 0.1) is 23.7 Å². The minimum absolute atomic E-state index is 0.169. The molecule has 4 aromatic carbocycles. The number of hydrogen-bond acceptors (Lipinski definition) is 0. The number of nitrogens with one attached hydrogen (secondary N) is 1. The maximum Gasteiger partial charge on any atom is 0.0471 e. The van der Waals surface area contributed by atoms with Crippen molar-refractivity contribution in [1.82, 2.24) is 4.98 Å². The number of aromatic nitrogens is 1. The van der Waals surface area contributed by atoms with Crippen molar-refractivity contribution in [3.63, 3.8) is 0 Å². The largest absolute Gasteiger partial charge is 0.354 e. The van der Waals surface area contributed by atoms with E-state index in [1.54, 1.807) is 11.1 Å². The number of aromatic amines is 1. The number of benzene rings is 4. The molecule has 1 heteroatoms. The second-order valence-corrected chi connectivity index (χ2v) is 12.1. The molecule has 2 bridgehead atoms. The van der Waals surface area contributed by atoms with Crippen LogP contribution >= 0.6 is 0 Å². The van der Waals surface area contributed by atoms with Crippen molar-refractivity contribution in [3.05, 3.63) is 96.1 Å². The zero-order valence-electron chi connectivity index (χ0n) is 21.2. The summed E-state index contributed by atoms with van der Waals surface area (Å²) in [6, 6.07) is 32.3. The van der Waals surface area contributed by atoms with E-state index >= 15 is 0 Å². The molecule has 1 N–H and O–H groups in total. The highest BCUT2D eigenvalue weighted by Crippen LogP contribution is 2.64. The van der Waals surface area contributed by atoms with Gasteiger partial charge in [0, 0.05) is 27.2 Å². The summed E-state index contributed by atoms with van der Waals surface area (Å²) in [6.45, 7) is 5.05. The first-order valence-corrected chi connectivity index (χ1v) is 13.9. The third-order valence-corrected chi connectivity index (χ3v) is 10.1. The minimum atomic E-state index is 0.169. The van der Waals surface area contributed by atoms with Gasteiger partial charge in [-0.15, -0.1) is 0 Å². The van der Waals surface area contributed by atoms with Gasteiger partial charge >= 0.3 is 0 Å². The van der Waals surface area contributed by atoms with Gasteiger partial charge in [0.1, 0.15) is 0 Å². The van der Waals surface area contributed by atoms with Crippen LogP contribution in [0.5, 0.6) is 0 Å². The van der Waals surface area contributed by atoms with Crippen LogP contribution in [-0.2, 0) is 5.41 Å². The Morgan fingerprint density at radius 1 is 0.667 bits per heavy atom. The van der Waals surface area contributed by atoms with Crippen LogP contribution in [0.4, 0.5) is 0 Å². The predicted molar refractivity (Wildman–Crippen MR) is 151 cm³/mol. The maximum atomic E-state index is 3.64. The molecule has 36 heavy (non-hydrogen) atoms. The van der Waals surface area contributed by atoms with Crippen molar-refractivity contribution in [1.29, 1.82) is 0 Å². The first kappa shape index (κ1) is 20.8. The molecule has 1 heterocycles. The lowest BCUT2D eigenvalue weighted by atomic mass is 9.49. The van der Waals surface area contributed by atoms with Crippen LogP contribution in [0.2, 0.25) is 0 Å². The van der Waals surface area contributed by atoms with Gasteiger partial charge < -0.3 is 4.98 Å². The highest BCUT2D eigenvalue weighted by Gasteiger charge is 2.56. The molecule has 1 spiro atoms. The molecule has 2 fully saturated rings. The molecule has 1 aromatic heterocycles. The second kappa shape index (κ2) is 7.35. The molecular weight excluding hydrogens is 434 g/mol. The van der Waals surface area contributed by atoms with Crippen molar-refractivity contribution in [3.8, 4) is 22.3 Å². The summed E-state index contributed by atoms with van der Waals surface area (Å²) in [5.41, 5.74) is 11.4. The van der Waals surface area contributed by atoms with E-state index in [4.69, 9.17) is 0 Å².